The van der Waals surface area contributed by atoms with Crippen LogP contribution in [0.3, 0.4) is 0 Å². The highest BCUT2D eigenvalue weighted by atomic mass is 19.4. The van der Waals surface area contributed by atoms with E-state index >= 15 is 0 Å². The van der Waals surface area contributed by atoms with Crippen LogP contribution < -0.4 is 5.73 Å². The van der Waals surface area contributed by atoms with Crippen molar-refractivity contribution in [2.75, 3.05) is 0 Å². The van der Waals surface area contributed by atoms with Gasteiger partial charge in [-0.2, -0.15) is 13.2 Å². The topological polar surface area (TPSA) is 26.0 Å². The largest absolute Gasteiger partial charge is 0.419 e. The van der Waals surface area contributed by atoms with E-state index in [0.29, 0.717) is 12.1 Å². The third kappa shape index (κ3) is 3.02. The lowest BCUT2D eigenvalue weighted by atomic mass is 9.97. The Morgan fingerprint density at radius 1 is 0.905 bits per heavy atom. The molecule has 0 saturated heterocycles. The highest BCUT2D eigenvalue weighted by Crippen LogP contribution is 2.33. The summed E-state index contributed by atoms with van der Waals surface area (Å²) in [6, 6.07) is 3.99. The van der Waals surface area contributed by atoms with Crippen LogP contribution in [0.4, 0.5) is 26.3 Å². The third-order valence-electron chi connectivity index (χ3n) is 2.97. The molecule has 2 rings (SSSR count). The number of alkyl halides is 3. The van der Waals surface area contributed by atoms with Crippen molar-refractivity contribution in [1.82, 2.24) is 0 Å². The maximum Gasteiger partial charge on any atom is 0.419 e. The summed E-state index contributed by atoms with van der Waals surface area (Å²) < 4.78 is 77.5. The van der Waals surface area contributed by atoms with Crippen LogP contribution in [0, 0.1) is 17.5 Å². The molecule has 2 N–H and O–H groups in total. The molecular weight excluding hydrogens is 296 g/mol. The van der Waals surface area contributed by atoms with E-state index in [1.165, 1.54) is 12.1 Å². The lowest BCUT2D eigenvalue weighted by Gasteiger charge is -2.15. The molecule has 112 valence electrons. The molecule has 7 heteroatoms. The van der Waals surface area contributed by atoms with Gasteiger partial charge in [-0.15, -0.1) is 0 Å². The van der Waals surface area contributed by atoms with Gasteiger partial charge in [0.1, 0.15) is 5.82 Å². The van der Waals surface area contributed by atoms with Gasteiger partial charge in [-0.1, -0.05) is 18.2 Å². The molecule has 0 fully saturated rings. The molecule has 1 atom stereocenters. The van der Waals surface area contributed by atoms with E-state index in [9.17, 15) is 26.3 Å². The van der Waals surface area contributed by atoms with Crippen molar-refractivity contribution in [2.24, 2.45) is 5.73 Å². The predicted molar refractivity (Wildman–Crippen MR) is 63.8 cm³/mol. The van der Waals surface area contributed by atoms with Crippen molar-refractivity contribution in [3.05, 3.63) is 70.5 Å². The summed E-state index contributed by atoms with van der Waals surface area (Å²) in [7, 11) is 0. The lowest BCUT2D eigenvalue weighted by Crippen LogP contribution is -2.16. The maximum atomic E-state index is 13.6. The molecule has 0 saturated carbocycles. The second-order valence-corrected chi connectivity index (χ2v) is 4.36. The molecule has 1 nitrogen and oxygen atoms in total. The molecule has 0 spiro atoms. The minimum Gasteiger partial charge on any atom is -0.320 e. The lowest BCUT2D eigenvalue weighted by molar-refractivity contribution is -0.140. The fourth-order valence-corrected chi connectivity index (χ4v) is 1.89. The van der Waals surface area contributed by atoms with Gasteiger partial charge < -0.3 is 5.73 Å². The first-order valence-electron chi connectivity index (χ1n) is 5.78. The van der Waals surface area contributed by atoms with Crippen LogP contribution in [0.2, 0.25) is 0 Å². The first-order valence-corrected chi connectivity index (χ1v) is 5.78. The number of rotatable bonds is 2. The van der Waals surface area contributed by atoms with Gasteiger partial charge in [-0.3, -0.25) is 0 Å². The average molecular weight is 305 g/mol. The number of nitrogens with two attached hydrogens (primary N) is 1. The summed E-state index contributed by atoms with van der Waals surface area (Å²) in [6.45, 7) is 0. The van der Waals surface area contributed by atoms with Crippen LogP contribution in [0.5, 0.6) is 0 Å². The van der Waals surface area contributed by atoms with E-state index in [-0.39, 0.29) is 11.1 Å². The third-order valence-corrected chi connectivity index (χ3v) is 2.97. The van der Waals surface area contributed by atoms with Gasteiger partial charge in [0.15, 0.2) is 11.6 Å². The fraction of sp³-hybridized carbons (Fsp3) is 0.143. The van der Waals surface area contributed by atoms with Gasteiger partial charge in [0.25, 0.3) is 0 Å². The summed E-state index contributed by atoms with van der Waals surface area (Å²) in [4.78, 5) is 0. The Balaban J connectivity index is 2.43. The molecule has 0 aliphatic heterocycles. The molecule has 2 aromatic rings. The standard InChI is InChI=1S/C14H9F6N/c15-10-3-1-2-8(12(10)17)13(21)7-4-5-9(11(16)6-7)14(18,19)20/h1-6,13H,21H2. The van der Waals surface area contributed by atoms with Crippen LogP contribution in [0.15, 0.2) is 36.4 Å². The van der Waals surface area contributed by atoms with E-state index in [0.717, 1.165) is 12.1 Å². The van der Waals surface area contributed by atoms with E-state index in [2.05, 4.69) is 0 Å². The van der Waals surface area contributed by atoms with Crippen molar-refractivity contribution in [1.29, 1.82) is 0 Å². The normalized spacial score (nSPS) is 13.3. The van der Waals surface area contributed by atoms with Crippen LogP contribution in [0.25, 0.3) is 0 Å². The molecule has 0 aliphatic carbocycles. The van der Waals surface area contributed by atoms with Gasteiger partial charge in [0.2, 0.25) is 0 Å². The van der Waals surface area contributed by atoms with Crippen molar-refractivity contribution in [2.45, 2.75) is 12.2 Å². The van der Waals surface area contributed by atoms with Crippen molar-refractivity contribution in [3.8, 4) is 0 Å². The summed E-state index contributed by atoms with van der Waals surface area (Å²) in [5.74, 6) is -3.88. The predicted octanol–water partition coefficient (Wildman–Crippen LogP) is 4.17. The zero-order valence-electron chi connectivity index (χ0n) is 10.4. The molecule has 1 unspecified atom stereocenters. The molecule has 0 heterocycles. The summed E-state index contributed by atoms with van der Waals surface area (Å²) in [5.41, 5.74) is 3.85. The molecule has 2 aromatic carbocycles. The van der Waals surface area contributed by atoms with Gasteiger partial charge in [0.05, 0.1) is 11.6 Å². The van der Waals surface area contributed by atoms with E-state index in [1.54, 1.807) is 0 Å². The quantitative estimate of drug-likeness (QED) is 0.828. The van der Waals surface area contributed by atoms with Gasteiger partial charge in [-0.05, 0) is 23.8 Å². The first-order chi connectivity index (χ1) is 9.71. The summed E-state index contributed by atoms with van der Waals surface area (Å²) >= 11 is 0. The van der Waals surface area contributed by atoms with Gasteiger partial charge >= 0.3 is 6.18 Å². The Labute approximate surface area is 116 Å². The van der Waals surface area contributed by atoms with Crippen molar-refractivity contribution in [3.63, 3.8) is 0 Å². The maximum absolute atomic E-state index is 13.6. The van der Waals surface area contributed by atoms with Gasteiger partial charge in [0, 0.05) is 5.56 Å². The number of halogens is 6. The van der Waals surface area contributed by atoms with Crippen LogP contribution in [-0.2, 0) is 6.18 Å². The van der Waals surface area contributed by atoms with Crippen molar-refractivity contribution >= 4 is 0 Å². The molecule has 0 aromatic heterocycles. The number of hydrogen-bond acceptors (Lipinski definition) is 1. The summed E-state index contributed by atoms with van der Waals surface area (Å²) in [5, 5.41) is 0. The Hall–Kier alpha value is -2.02. The Kier molecular flexibility index (Phi) is 3.95. The second kappa shape index (κ2) is 5.40. The Morgan fingerprint density at radius 3 is 2.14 bits per heavy atom. The minimum absolute atomic E-state index is 0.0926. The average Bonchev–Trinajstić information content (AvgIpc) is 2.39. The van der Waals surface area contributed by atoms with Crippen LogP contribution in [0.1, 0.15) is 22.7 Å². The smallest absolute Gasteiger partial charge is 0.320 e. The molecule has 0 amide bonds. The molecule has 21 heavy (non-hydrogen) atoms. The van der Waals surface area contributed by atoms with E-state index in [1.807, 2.05) is 0 Å². The van der Waals surface area contributed by atoms with Crippen molar-refractivity contribution < 1.29 is 26.3 Å². The molecule has 0 radical (unpaired) electrons. The molecule has 0 bridgehead atoms. The monoisotopic (exact) mass is 305 g/mol. The SMILES string of the molecule is NC(c1ccc(C(F)(F)F)c(F)c1)c1cccc(F)c1F. The second-order valence-electron chi connectivity index (χ2n) is 4.36. The Morgan fingerprint density at radius 2 is 1.57 bits per heavy atom. The first kappa shape index (κ1) is 15.4. The molecular formula is C14H9F6N. The van der Waals surface area contributed by atoms with Crippen LogP contribution >= 0.6 is 0 Å². The minimum atomic E-state index is -4.84. The number of benzene rings is 2. The number of hydrogen-bond donors (Lipinski definition) is 1. The zero-order chi connectivity index (χ0) is 15.8. The molecule has 0 aliphatic rings. The van der Waals surface area contributed by atoms with E-state index in [4.69, 9.17) is 5.73 Å². The highest BCUT2D eigenvalue weighted by molar-refractivity contribution is 5.35. The zero-order valence-corrected chi connectivity index (χ0v) is 10.4. The highest BCUT2D eigenvalue weighted by Gasteiger charge is 2.34. The summed E-state index contributed by atoms with van der Waals surface area (Å²) in [6.07, 6.45) is -4.84. The fourth-order valence-electron chi connectivity index (χ4n) is 1.89. The van der Waals surface area contributed by atoms with Gasteiger partial charge in [-0.25, -0.2) is 13.2 Å². The Bertz CT molecular complexity index is 665. The van der Waals surface area contributed by atoms with E-state index < -0.39 is 35.2 Å². The van der Waals surface area contributed by atoms with Crippen LogP contribution in [-0.4, -0.2) is 0 Å².